The maximum absolute atomic E-state index is 7.68. The van der Waals surface area contributed by atoms with E-state index in [9.17, 15) is 0 Å². The van der Waals surface area contributed by atoms with E-state index < -0.39 is 5.79 Å². The third-order valence-corrected chi connectivity index (χ3v) is 2.23. The first-order chi connectivity index (χ1) is 5.49. The van der Waals surface area contributed by atoms with Gasteiger partial charge in [0.1, 0.15) is 6.10 Å². The second-order valence-corrected chi connectivity index (χ2v) is 3.70. The highest BCUT2D eigenvalue weighted by molar-refractivity contribution is 4.94. The second kappa shape index (κ2) is 2.19. The summed E-state index contributed by atoms with van der Waals surface area (Å²) in [7, 11) is 0. The molecule has 1 saturated carbocycles. The Morgan fingerprint density at radius 3 is 2.91 bits per heavy atom. The lowest BCUT2D eigenvalue weighted by atomic mass is 10.2. The van der Waals surface area contributed by atoms with Crippen LogP contribution in [0.1, 0.15) is 28.0 Å². The van der Waals surface area contributed by atoms with E-state index in [1.54, 1.807) is 0 Å². The standard InChI is InChI=1S/C8H15NO2/c1-8(2)10-6-4-3-5(9)7(6)11-8/h5-7H,3-4,9H2,1-2H3/t5-,6-,7+/m1/s1/i4T/t4-,5+,6+,7-/m0. The van der Waals surface area contributed by atoms with Crippen molar-refractivity contribution in [1.82, 2.24) is 0 Å². The van der Waals surface area contributed by atoms with Crippen molar-refractivity contribution >= 4 is 0 Å². The van der Waals surface area contributed by atoms with Crippen molar-refractivity contribution in [2.24, 2.45) is 5.73 Å². The van der Waals surface area contributed by atoms with E-state index in [1.165, 1.54) is 0 Å². The van der Waals surface area contributed by atoms with Gasteiger partial charge in [-0.15, -0.1) is 0 Å². The molecule has 4 atom stereocenters. The van der Waals surface area contributed by atoms with E-state index in [1.807, 2.05) is 13.8 Å². The van der Waals surface area contributed by atoms with Gasteiger partial charge < -0.3 is 15.2 Å². The molecule has 0 aromatic carbocycles. The Morgan fingerprint density at radius 2 is 2.27 bits per heavy atom. The average Bonchev–Trinajstić information content (AvgIpc) is 2.34. The monoisotopic (exact) mass is 159 g/mol. The third-order valence-electron chi connectivity index (χ3n) is 2.23. The zero-order valence-electron chi connectivity index (χ0n) is 7.91. The van der Waals surface area contributed by atoms with Crippen LogP contribution in [0.2, 0.25) is 0 Å². The molecule has 0 spiro atoms. The Labute approximate surface area is 68.3 Å². The van der Waals surface area contributed by atoms with Crippen molar-refractivity contribution in [3.05, 3.63) is 0 Å². The summed E-state index contributed by atoms with van der Waals surface area (Å²) >= 11 is 0. The molecule has 1 aliphatic heterocycles. The van der Waals surface area contributed by atoms with E-state index >= 15 is 0 Å². The zero-order chi connectivity index (χ0) is 8.93. The van der Waals surface area contributed by atoms with Gasteiger partial charge in [-0.05, 0) is 26.7 Å². The van der Waals surface area contributed by atoms with Crippen LogP contribution in [0.4, 0.5) is 0 Å². The Morgan fingerprint density at radius 1 is 1.55 bits per heavy atom. The van der Waals surface area contributed by atoms with Crippen LogP contribution in [0.15, 0.2) is 0 Å². The van der Waals surface area contributed by atoms with E-state index in [-0.39, 0.29) is 24.6 Å². The smallest absolute Gasteiger partial charge is 0.163 e. The first-order valence-corrected chi connectivity index (χ1v) is 4.03. The number of hydrogen-bond donors (Lipinski definition) is 1. The molecular weight excluding hydrogens is 142 g/mol. The number of rotatable bonds is 0. The quantitative estimate of drug-likeness (QED) is 0.563. The van der Waals surface area contributed by atoms with Crippen molar-refractivity contribution < 1.29 is 10.8 Å². The fourth-order valence-corrected chi connectivity index (χ4v) is 1.76. The number of fused-ring (bicyclic) bond motifs is 1. The van der Waals surface area contributed by atoms with Crippen LogP contribution >= 0.6 is 0 Å². The lowest BCUT2D eigenvalue weighted by Gasteiger charge is -2.19. The van der Waals surface area contributed by atoms with Gasteiger partial charge in [0.2, 0.25) is 0 Å². The maximum atomic E-state index is 7.68. The fraction of sp³-hybridized carbons (Fsp3) is 1.00. The van der Waals surface area contributed by atoms with Crippen molar-refractivity contribution in [2.45, 2.75) is 50.7 Å². The van der Waals surface area contributed by atoms with Crippen molar-refractivity contribution in [2.75, 3.05) is 0 Å². The van der Waals surface area contributed by atoms with Gasteiger partial charge in [0.25, 0.3) is 0 Å². The van der Waals surface area contributed by atoms with Gasteiger partial charge >= 0.3 is 0 Å². The molecule has 0 unspecified atom stereocenters. The molecule has 2 rings (SSSR count). The molecule has 64 valence electrons. The third kappa shape index (κ3) is 1.17. The highest BCUT2D eigenvalue weighted by Gasteiger charge is 2.47. The number of ether oxygens (including phenoxy) is 2. The molecule has 0 aromatic heterocycles. The van der Waals surface area contributed by atoms with E-state index in [4.69, 9.17) is 16.6 Å². The second-order valence-electron chi connectivity index (χ2n) is 3.70. The zero-order valence-corrected chi connectivity index (χ0v) is 6.91. The van der Waals surface area contributed by atoms with Gasteiger partial charge in [0, 0.05) is 7.41 Å². The first-order valence-electron chi connectivity index (χ1n) is 4.61. The molecule has 2 aliphatic rings. The molecule has 0 aromatic rings. The van der Waals surface area contributed by atoms with Crippen molar-refractivity contribution in [1.29, 1.82) is 0 Å². The Balaban J connectivity index is 2.15. The molecular formula is C8H15NO2. The summed E-state index contributed by atoms with van der Waals surface area (Å²) in [6.07, 6.45) is 0.287. The van der Waals surface area contributed by atoms with Crippen molar-refractivity contribution in [3.63, 3.8) is 0 Å². The highest BCUT2D eigenvalue weighted by atomic mass is 16.8. The van der Waals surface area contributed by atoms with Gasteiger partial charge in [0.05, 0.1) is 6.10 Å². The summed E-state index contributed by atoms with van der Waals surface area (Å²) in [4.78, 5) is 0. The molecule has 2 N–H and O–H groups in total. The van der Waals surface area contributed by atoms with Gasteiger partial charge in [-0.1, -0.05) is 0 Å². The molecule has 0 amide bonds. The van der Waals surface area contributed by atoms with Gasteiger partial charge in [0.15, 0.2) is 5.79 Å². The van der Waals surface area contributed by atoms with Crippen LogP contribution in [-0.4, -0.2) is 24.0 Å². The van der Waals surface area contributed by atoms with Gasteiger partial charge in [-0.3, -0.25) is 0 Å². The minimum absolute atomic E-state index is 0.0284. The van der Waals surface area contributed by atoms with Gasteiger partial charge in [-0.25, -0.2) is 0 Å². The molecule has 0 radical (unpaired) electrons. The van der Waals surface area contributed by atoms with Gasteiger partial charge in [-0.2, -0.15) is 0 Å². The molecule has 3 heteroatoms. The molecule has 2 fully saturated rings. The summed E-state index contributed by atoms with van der Waals surface area (Å²) in [5, 5.41) is 0. The lowest BCUT2D eigenvalue weighted by molar-refractivity contribution is -0.152. The normalized spacial score (nSPS) is 55.7. The topological polar surface area (TPSA) is 44.5 Å². The molecule has 0 bridgehead atoms. The fourth-order valence-electron chi connectivity index (χ4n) is 1.76. The summed E-state index contributed by atoms with van der Waals surface area (Å²) in [5.74, 6) is -0.549. The van der Waals surface area contributed by atoms with E-state index in [0.717, 1.165) is 0 Å². The number of hydrogen-bond acceptors (Lipinski definition) is 3. The summed E-state index contributed by atoms with van der Waals surface area (Å²) < 4.78 is 18.8. The lowest BCUT2D eigenvalue weighted by Crippen LogP contribution is -2.34. The van der Waals surface area contributed by atoms with E-state index in [0.29, 0.717) is 6.42 Å². The Hall–Kier alpha value is -0.120. The molecule has 1 saturated heterocycles. The van der Waals surface area contributed by atoms with Crippen LogP contribution in [0.25, 0.3) is 0 Å². The summed E-state index contributed by atoms with van der Waals surface area (Å²) in [6.45, 7) is 3.73. The van der Waals surface area contributed by atoms with E-state index in [2.05, 4.69) is 0 Å². The minimum atomic E-state index is -0.549. The Bertz CT molecular complexity index is 179. The highest BCUT2D eigenvalue weighted by Crippen LogP contribution is 2.37. The molecule has 11 heavy (non-hydrogen) atoms. The average molecular weight is 159 g/mol. The molecule has 1 heterocycles. The predicted octanol–water partition coefficient (Wildman–Crippen LogP) is 0.628. The minimum Gasteiger partial charge on any atom is -0.345 e. The van der Waals surface area contributed by atoms with Crippen LogP contribution in [0.5, 0.6) is 0 Å². The summed E-state index contributed by atoms with van der Waals surface area (Å²) in [6, 6.07) is -0.0284. The SMILES string of the molecule is [3H][C@H]1C[C@@H](N)[C@@H]2OC(C)(C)O[C@@H]21. The van der Waals surface area contributed by atoms with Crippen LogP contribution in [-0.2, 0) is 9.47 Å². The largest absolute Gasteiger partial charge is 0.345 e. The predicted molar refractivity (Wildman–Crippen MR) is 41.0 cm³/mol. The van der Waals surface area contributed by atoms with Crippen LogP contribution in [0, 0.1) is 0 Å². The van der Waals surface area contributed by atoms with Crippen LogP contribution in [0.3, 0.4) is 0 Å². The van der Waals surface area contributed by atoms with Crippen LogP contribution < -0.4 is 5.73 Å². The first kappa shape index (κ1) is 6.40. The number of nitrogens with two attached hydrogens (primary N) is 1. The Kier molecular flexibility index (Phi) is 1.27. The van der Waals surface area contributed by atoms with Crippen molar-refractivity contribution in [3.8, 4) is 0 Å². The maximum Gasteiger partial charge on any atom is 0.163 e. The summed E-state index contributed by atoms with van der Waals surface area (Å²) in [5.41, 5.74) is 5.81. The molecule has 1 aliphatic carbocycles. The molecule has 3 nitrogen and oxygen atoms in total.